The van der Waals surface area contributed by atoms with Crippen molar-refractivity contribution in [2.75, 3.05) is 0 Å². The molecule has 0 N–H and O–H groups in total. The molecule has 0 radical (unpaired) electrons. The van der Waals surface area contributed by atoms with Gasteiger partial charge in [-0.1, -0.05) is 6.07 Å². The highest BCUT2D eigenvalue weighted by Gasteiger charge is 2.02. The van der Waals surface area contributed by atoms with Crippen LogP contribution in [0.5, 0.6) is 0 Å². The molecule has 0 saturated carbocycles. The summed E-state index contributed by atoms with van der Waals surface area (Å²) in [7, 11) is 0. The Bertz CT molecular complexity index is 550. The van der Waals surface area contributed by atoms with Crippen molar-refractivity contribution in [3.05, 3.63) is 63.2 Å². The van der Waals surface area contributed by atoms with Crippen LogP contribution in [0.3, 0.4) is 0 Å². The number of halogens is 2. The molecule has 0 amide bonds. The van der Waals surface area contributed by atoms with Gasteiger partial charge in [0.1, 0.15) is 5.82 Å². The van der Waals surface area contributed by atoms with Gasteiger partial charge in [-0.3, -0.25) is 9.36 Å². The topological polar surface area (TPSA) is 22.0 Å². The van der Waals surface area contributed by atoms with Crippen LogP contribution in [0.15, 0.2) is 51.9 Å². The van der Waals surface area contributed by atoms with Gasteiger partial charge in [0.05, 0.1) is 10.2 Å². The van der Waals surface area contributed by atoms with Crippen LogP contribution in [0.2, 0.25) is 0 Å². The first kappa shape index (κ1) is 10.1. The molecule has 0 aliphatic heterocycles. The summed E-state index contributed by atoms with van der Waals surface area (Å²) in [5, 5.41) is 0. The lowest BCUT2D eigenvalue weighted by atomic mass is 10.3. The van der Waals surface area contributed by atoms with Crippen molar-refractivity contribution < 1.29 is 4.39 Å². The molecule has 0 atom stereocenters. The molecule has 2 aromatic rings. The van der Waals surface area contributed by atoms with E-state index in [2.05, 4.69) is 15.9 Å². The Hall–Kier alpha value is -1.42. The van der Waals surface area contributed by atoms with Gasteiger partial charge in [0.2, 0.25) is 0 Å². The Balaban J connectivity index is 2.65. The molecule has 4 heteroatoms. The number of nitrogens with zero attached hydrogens (tertiary/aromatic N) is 1. The fraction of sp³-hybridized carbons (Fsp3) is 0. The second-order valence-corrected chi connectivity index (χ2v) is 3.87. The average molecular weight is 268 g/mol. The zero-order chi connectivity index (χ0) is 10.8. The van der Waals surface area contributed by atoms with Crippen LogP contribution in [0.1, 0.15) is 0 Å². The van der Waals surface area contributed by atoms with Crippen molar-refractivity contribution in [1.29, 1.82) is 0 Å². The number of pyridine rings is 1. The molecule has 0 bridgehead atoms. The Labute approximate surface area is 94.1 Å². The lowest BCUT2D eigenvalue weighted by molar-refractivity contribution is 0.626. The minimum atomic E-state index is -0.362. The number of rotatable bonds is 1. The minimum Gasteiger partial charge on any atom is -0.283 e. The zero-order valence-electron chi connectivity index (χ0n) is 7.65. The zero-order valence-corrected chi connectivity index (χ0v) is 9.24. The van der Waals surface area contributed by atoms with Gasteiger partial charge in [-0.25, -0.2) is 4.39 Å². The van der Waals surface area contributed by atoms with E-state index < -0.39 is 0 Å². The van der Waals surface area contributed by atoms with Crippen molar-refractivity contribution in [3.63, 3.8) is 0 Å². The quantitative estimate of drug-likeness (QED) is 0.779. The van der Waals surface area contributed by atoms with Crippen LogP contribution in [0.25, 0.3) is 5.69 Å². The van der Waals surface area contributed by atoms with Gasteiger partial charge < -0.3 is 0 Å². The molecule has 76 valence electrons. The maximum atomic E-state index is 13.0. The molecule has 1 aromatic carbocycles. The maximum Gasteiger partial charge on any atom is 0.269 e. The summed E-state index contributed by atoms with van der Waals surface area (Å²) in [4.78, 5) is 11.7. The van der Waals surface area contributed by atoms with Gasteiger partial charge >= 0.3 is 0 Å². The van der Waals surface area contributed by atoms with E-state index in [-0.39, 0.29) is 11.4 Å². The van der Waals surface area contributed by atoms with Gasteiger partial charge in [0, 0.05) is 6.20 Å². The summed E-state index contributed by atoms with van der Waals surface area (Å²) >= 11 is 3.13. The van der Waals surface area contributed by atoms with Crippen LogP contribution >= 0.6 is 15.9 Å². The van der Waals surface area contributed by atoms with Crippen molar-refractivity contribution in [1.82, 2.24) is 4.57 Å². The second-order valence-electron chi connectivity index (χ2n) is 3.01. The van der Waals surface area contributed by atoms with Crippen LogP contribution in [0, 0.1) is 5.82 Å². The van der Waals surface area contributed by atoms with Gasteiger partial charge in [-0.05, 0) is 46.3 Å². The normalized spacial score (nSPS) is 10.3. The van der Waals surface area contributed by atoms with Crippen LogP contribution in [0.4, 0.5) is 4.39 Å². The Morgan fingerprint density at radius 1 is 1.20 bits per heavy atom. The first-order chi connectivity index (χ1) is 7.18. The summed E-state index contributed by atoms with van der Waals surface area (Å²) in [5.41, 5.74) is 0.310. The minimum absolute atomic E-state index is 0.205. The molecular weight excluding hydrogens is 261 g/mol. The standard InChI is InChI=1S/C11H7BrFNO/c12-10-5-2-6-14(11(10)15)9-4-1-3-8(13)7-9/h1-7H. The number of benzene rings is 1. The first-order valence-electron chi connectivity index (χ1n) is 4.31. The third kappa shape index (κ3) is 1.99. The molecule has 0 fully saturated rings. The molecule has 0 unspecified atom stereocenters. The molecule has 1 heterocycles. The van der Waals surface area contributed by atoms with Crippen molar-refractivity contribution in [2.24, 2.45) is 0 Å². The summed E-state index contributed by atoms with van der Waals surface area (Å²) in [6.45, 7) is 0. The van der Waals surface area contributed by atoms with E-state index in [4.69, 9.17) is 0 Å². The SMILES string of the molecule is O=c1c(Br)cccn1-c1cccc(F)c1. The van der Waals surface area contributed by atoms with Crippen LogP contribution in [-0.4, -0.2) is 4.57 Å². The van der Waals surface area contributed by atoms with Crippen molar-refractivity contribution in [3.8, 4) is 5.69 Å². The fourth-order valence-electron chi connectivity index (χ4n) is 1.30. The van der Waals surface area contributed by atoms with E-state index in [9.17, 15) is 9.18 Å². The van der Waals surface area contributed by atoms with E-state index >= 15 is 0 Å². The average Bonchev–Trinajstić information content (AvgIpc) is 2.22. The van der Waals surface area contributed by atoms with Crippen molar-refractivity contribution >= 4 is 15.9 Å². The predicted octanol–water partition coefficient (Wildman–Crippen LogP) is 2.74. The fourth-order valence-corrected chi connectivity index (χ4v) is 1.64. The summed E-state index contributed by atoms with van der Waals surface area (Å²) < 4.78 is 14.8. The van der Waals surface area contributed by atoms with Crippen LogP contribution < -0.4 is 5.56 Å². The van der Waals surface area contributed by atoms with Gasteiger partial charge in [-0.2, -0.15) is 0 Å². The highest BCUT2D eigenvalue weighted by Crippen LogP contribution is 2.09. The molecule has 0 aliphatic rings. The first-order valence-corrected chi connectivity index (χ1v) is 5.11. The van der Waals surface area contributed by atoms with Gasteiger partial charge in [0.25, 0.3) is 5.56 Å². The lowest BCUT2D eigenvalue weighted by Crippen LogP contribution is -2.17. The highest BCUT2D eigenvalue weighted by atomic mass is 79.9. The molecule has 0 aliphatic carbocycles. The van der Waals surface area contributed by atoms with Crippen molar-refractivity contribution in [2.45, 2.75) is 0 Å². The van der Waals surface area contributed by atoms with E-state index in [1.54, 1.807) is 30.5 Å². The molecular formula is C11H7BrFNO. The molecule has 2 rings (SSSR count). The smallest absolute Gasteiger partial charge is 0.269 e. The highest BCUT2D eigenvalue weighted by molar-refractivity contribution is 9.10. The second kappa shape index (κ2) is 3.98. The number of aromatic nitrogens is 1. The third-order valence-electron chi connectivity index (χ3n) is 1.99. The number of hydrogen-bond acceptors (Lipinski definition) is 1. The van der Waals surface area contributed by atoms with E-state index in [1.165, 1.54) is 16.7 Å². The third-order valence-corrected chi connectivity index (χ3v) is 2.59. The van der Waals surface area contributed by atoms with Crippen LogP contribution in [-0.2, 0) is 0 Å². The van der Waals surface area contributed by atoms with Gasteiger partial charge in [-0.15, -0.1) is 0 Å². The molecule has 1 aromatic heterocycles. The number of hydrogen-bond donors (Lipinski definition) is 0. The summed E-state index contributed by atoms with van der Waals surface area (Å²) in [5.74, 6) is -0.362. The Morgan fingerprint density at radius 2 is 2.00 bits per heavy atom. The van der Waals surface area contributed by atoms with E-state index in [0.29, 0.717) is 10.2 Å². The van der Waals surface area contributed by atoms with E-state index in [1.807, 2.05) is 0 Å². The lowest BCUT2D eigenvalue weighted by Gasteiger charge is -2.05. The largest absolute Gasteiger partial charge is 0.283 e. The maximum absolute atomic E-state index is 13.0. The predicted molar refractivity (Wildman–Crippen MR) is 59.7 cm³/mol. The Morgan fingerprint density at radius 3 is 2.73 bits per heavy atom. The summed E-state index contributed by atoms with van der Waals surface area (Å²) in [6.07, 6.45) is 1.60. The molecule has 2 nitrogen and oxygen atoms in total. The molecule has 0 saturated heterocycles. The van der Waals surface area contributed by atoms with E-state index in [0.717, 1.165) is 0 Å². The summed E-state index contributed by atoms with van der Waals surface area (Å²) in [6, 6.07) is 9.27. The Kier molecular flexibility index (Phi) is 2.68. The molecule has 0 spiro atoms. The monoisotopic (exact) mass is 267 g/mol. The van der Waals surface area contributed by atoms with Gasteiger partial charge in [0.15, 0.2) is 0 Å². The molecule has 15 heavy (non-hydrogen) atoms.